The van der Waals surface area contributed by atoms with Gasteiger partial charge in [-0.15, -0.1) is 0 Å². The number of benzene rings is 1. The van der Waals surface area contributed by atoms with Gasteiger partial charge in [0.25, 0.3) is 0 Å². The van der Waals surface area contributed by atoms with Crippen molar-refractivity contribution in [1.82, 2.24) is 0 Å². The zero-order valence-electron chi connectivity index (χ0n) is 10.5. The first-order valence-electron chi connectivity index (χ1n) is 5.43. The number of ether oxygens (including phenoxy) is 3. The second kappa shape index (κ2) is 6.32. The predicted octanol–water partition coefficient (Wildman–Crippen LogP) is 1.06. The fourth-order valence-corrected chi connectivity index (χ4v) is 1.66. The average Bonchev–Trinajstić information content (AvgIpc) is 2.37. The maximum absolute atomic E-state index is 6.01. The van der Waals surface area contributed by atoms with Crippen molar-refractivity contribution < 1.29 is 14.2 Å². The van der Waals surface area contributed by atoms with Crippen molar-refractivity contribution >= 4 is 0 Å². The van der Waals surface area contributed by atoms with E-state index >= 15 is 0 Å². The van der Waals surface area contributed by atoms with Crippen LogP contribution in [-0.2, 0) is 0 Å². The first-order chi connectivity index (χ1) is 8.17. The van der Waals surface area contributed by atoms with Gasteiger partial charge in [-0.05, 0) is 30.7 Å². The summed E-state index contributed by atoms with van der Waals surface area (Å²) in [7, 11) is 4.73. The van der Waals surface area contributed by atoms with Gasteiger partial charge in [0.2, 0.25) is 5.75 Å². The van der Waals surface area contributed by atoms with Crippen molar-refractivity contribution in [3.63, 3.8) is 0 Å². The summed E-state index contributed by atoms with van der Waals surface area (Å²) in [5.41, 5.74) is 12.4. The normalized spacial score (nSPS) is 12.1. The Labute approximate surface area is 102 Å². The van der Waals surface area contributed by atoms with E-state index in [1.54, 1.807) is 21.3 Å². The van der Waals surface area contributed by atoms with Gasteiger partial charge in [0, 0.05) is 6.04 Å². The Balaban J connectivity index is 3.17. The lowest BCUT2D eigenvalue weighted by atomic mass is 10.0. The molecule has 1 rings (SSSR count). The molecule has 0 spiro atoms. The van der Waals surface area contributed by atoms with E-state index in [0.29, 0.717) is 30.2 Å². The molecule has 5 nitrogen and oxygen atoms in total. The molecule has 0 bridgehead atoms. The molecular weight excluding hydrogens is 220 g/mol. The topological polar surface area (TPSA) is 79.7 Å². The lowest BCUT2D eigenvalue weighted by Crippen LogP contribution is -2.15. The second-order valence-electron chi connectivity index (χ2n) is 3.64. The number of hydrogen-bond acceptors (Lipinski definition) is 5. The molecule has 0 aromatic heterocycles. The minimum atomic E-state index is -0.131. The molecule has 5 heteroatoms. The summed E-state index contributed by atoms with van der Waals surface area (Å²) in [5.74, 6) is 1.78. The van der Waals surface area contributed by atoms with Crippen LogP contribution in [0.15, 0.2) is 12.1 Å². The molecule has 0 saturated heterocycles. The van der Waals surface area contributed by atoms with E-state index in [9.17, 15) is 0 Å². The van der Waals surface area contributed by atoms with Crippen molar-refractivity contribution in [3.8, 4) is 17.2 Å². The molecule has 4 N–H and O–H groups in total. The van der Waals surface area contributed by atoms with E-state index in [0.717, 1.165) is 5.56 Å². The number of hydrogen-bond donors (Lipinski definition) is 2. The van der Waals surface area contributed by atoms with Gasteiger partial charge in [-0.3, -0.25) is 0 Å². The Hall–Kier alpha value is -1.46. The third-order valence-electron chi connectivity index (χ3n) is 2.59. The van der Waals surface area contributed by atoms with E-state index < -0.39 is 0 Å². The van der Waals surface area contributed by atoms with E-state index in [-0.39, 0.29) is 6.04 Å². The van der Waals surface area contributed by atoms with Crippen LogP contribution in [0.25, 0.3) is 0 Å². The Morgan fingerprint density at radius 2 is 1.59 bits per heavy atom. The zero-order valence-corrected chi connectivity index (χ0v) is 10.5. The number of rotatable bonds is 6. The van der Waals surface area contributed by atoms with Crippen LogP contribution in [0.5, 0.6) is 17.2 Å². The van der Waals surface area contributed by atoms with Gasteiger partial charge in [-0.25, -0.2) is 0 Å². The van der Waals surface area contributed by atoms with Gasteiger partial charge in [0.05, 0.1) is 21.3 Å². The van der Waals surface area contributed by atoms with Crippen LogP contribution in [0, 0.1) is 0 Å². The summed E-state index contributed by atoms with van der Waals surface area (Å²) in [6.45, 7) is 0.540. The highest BCUT2D eigenvalue weighted by Gasteiger charge is 2.16. The van der Waals surface area contributed by atoms with Gasteiger partial charge >= 0.3 is 0 Å². The standard InChI is InChI=1S/C12H20N2O3/c1-15-10-6-8(9(14)4-5-13)7-11(16-2)12(10)17-3/h6-7,9H,4-5,13-14H2,1-3H3. The van der Waals surface area contributed by atoms with Crippen LogP contribution in [0.4, 0.5) is 0 Å². The van der Waals surface area contributed by atoms with Gasteiger partial charge < -0.3 is 25.7 Å². The fourth-order valence-electron chi connectivity index (χ4n) is 1.66. The van der Waals surface area contributed by atoms with Gasteiger partial charge in [-0.1, -0.05) is 0 Å². The molecule has 0 fully saturated rings. The second-order valence-corrected chi connectivity index (χ2v) is 3.64. The Bertz CT molecular complexity index is 344. The SMILES string of the molecule is COc1cc(C(N)CCN)cc(OC)c1OC. The summed E-state index contributed by atoms with van der Waals surface area (Å²) >= 11 is 0. The Morgan fingerprint density at radius 3 is 1.94 bits per heavy atom. The summed E-state index contributed by atoms with van der Waals surface area (Å²) in [6, 6.07) is 3.57. The van der Waals surface area contributed by atoms with Crippen LogP contribution >= 0.6 is 0 Å². The Kier molecular flexibility index (Phi) is 5.06. The van der Waals surface area contributed by atoms with Crippen LogP contribution in [0.3, 0.4) is 0 Å². The third-order valence-corrected chi connectivity index (χ3v) is 2.59. The first-order valence-corrected chi connectivity index (χ1v) is 5.43. The summed E-state index contributed by atoms with van der Waals surface area (Å²) < 4.78 is 15.7. The monoisotopic (exact) mass is 240 g/mol. The molecule has 1 atom stereocenters. The van der Waals surface area contributed by atoms with Gasteiger partial charge in [0.1, 0.15) is 0 Å². The number of methoxy groups -OCH3 is 3. The minimum Gasteiger partial charge on any atom is -0.493 e. The minimum absolute atomic E-state index is 0.131. The molecule has 96 valence electrons. The molecule has 0 aliphatic rings. The molecule has 0 radical (unpaired) electrons. The Morgan fingerprint density at radius 1 is 1.06 bits per heavy atom. The van der Waals surface area contributed by atoms with Crippen LogP contribution in [-0.4, -0.2) is 27.9 Å². The highest BCUT2D eigenvalue weighted by molar-refractivity contribution is 5.54. The fraction of sp³-hybridized carbons (Fsp3) is 0.500. The molecule has 0 aliphatic carbocycles. The molecule has 0 amide bonds. The van der Waals surface area contributed by atoms with Gasteiger partial charge in [-0.2, -0.15) is 0 Å². The van der Waals surface area contributed by atoms with E-state index in [2.05, 4.69) is 0 Å². The molecule has 17 heavy (non-hydrogen) atoms. The quantitative estimate of drug-likeness (QED) is 0.777. The van der Waals surface area contributed by atoms with Crippen LogP contribution in [0.1, 0.15) is 18.0 Å². The van der Waals surface area contributed by atoms with E-state index in [1.165, 1.54) is 0 Å². The molecule has 1 aromatic rings. The highest BCUT2D eigenvalue weighted by atomic mass is 16.5. The lowest BCUT2D eigenvalue weighted by Gasteiger charge is -2.17. The first kappa shape index (κ1) is 13.6. The predicted molar refractivity (Wildman–Crippen MR) is 66.7 cm³/mol. The summed E-state index contributed by atoms with van der Waals surface area (Å²) in [5, 5.41) is 0. The van der Waals surface area contributed by atoms with E-state index in [4.69, 9.17) is 25.7 Å². The molecule has 1 aromatic carbocycles. The number of nitrogens with two attached hydrogens (primary N) is 2. The lowest BCUT2D eigenvalue weighted by molar-refractivity contribution is 0.323. The van der Waals surface area contributed by atoms with E-state index in [1.807, 2.05) is 12.1 Å². The average molecular weight is 240 g/mol. The molecule has 1 unspecified atom stereocenters. The maximum atomic E-state index is 6.01. The van der Waals surface area contributed by atoms with Crippen molar-refractivity contribution in [2.75, 3.05) is 27.9 Å². The van der Waals surface area contributed by atoms with Crippen LogP contribution in [0.2, 0.25) is 0 Å². The zero-order chi connectivity index (χ0) is 12.8. The molecule has 0 saturated carbocycles. The van der Waals surface area contributed by atoms with Crippen molar-refractivity contribution in [2.45, 2.75) is 12.5 Å². The molecule has 0 aliphatic heterocycles. The highest BCUT2D eigenvalue weighted by Crippen LogP contribution is 2.39. The van der Waals surface area contributed by atoms with Gasteiger partial charge in [0.15, 0.2) is 11.5 Å². The van der Waals surface area contributed by atoms with Crippen molar-refractivity contribution in [1.29, 1.82) is 0 Å². The summed E-state index contributed by atoms with van der Waals surface area (Å²) in [6.07, 6.45) is 0.707. The van der Waals surface area contributed by atoms with Crippen LogP contribution < -0.4 is 25.7 Å². The third kappa shape index (κ3) is 3.01. The molecular formula is C12H20N2O3. The maximum Gasteiger partial charge on any atom is 0.203 e. The molecule has 0 heterocycles. The largest absolute Gasteiger partial charge is 0.493 e. The smallest absolute Gasteiger partial charge is 0.203 e. The summed E-state index contributed by atoms with van der Waals surface area (Å²) in [4.78, 5) is 0. The van der Waals surface area contributed by atoms with Crippen molar-refractivity contribution in [3.05, 3.63) is 17.7 Å². The van der Waals surface area contributed by atoms with Crippen molar-refractivity contribution in [2.24, 2.45) is 11.5 Å².